The summed E-state index contributed by atoms with van der Waals surface area (Å²) in [4.78, 5) is 53.6. The quantitative estimate of drug-likeness (QED) is 0.0293. The second kappa shape index (κ2) is 24.6. The molecule has 25 unspecified atom stereocenters. The average molecular weight is 1250 g/mol. The van der Waals surface area contributed by atoms with Gasteiger partial charge in [0.25, 0.3) is 0 Å². The third-order valence-corrected chi connectivity index (χ3v) is 27.1. The van der Waals surface area contributed by atoms with Gasteiger partial charge in [0.1, 0.15) is 17.9 Å². The Morgan fingerprint density at radius 3 is 2.38 bits per heavy atom. The Bertz CT molecular complexity index is 3110. The Balaban J connectivity index is 1.07. The first-order valence-corrected chi connectivity index (χ1v) is 35.1. The number of aliphatic imine (C=N–C) groups is 1. The molecule has 3 heterocycles. The van der Waals surface area contributed by atoms with Crippen molar-refractivity contribution >= 4 is 45.1 Å². The van der Waals surface area contributed by atoms with Crippen molar-refractivity contribution in [2.45, 2.75) is 177 Å². The van der Waals surface area contributed by atoms with Crippen LogP contribution >= 0.6 is 21.6 Å². The van der Waals surface area contributed by atoms with Crippen LogP contribution in [0, 0.1) is 106 Å². The molecule has 2 aliphatic heterocycles. The van der Waals surface area contributed by atoms with Crippen molar-refractivity contribution in [2.75, 3.05) is 24.7 Å². The van der Waals surface area contributed by atoms with E-state index in [1.807, 2.05) is 26.1 Å². The standard InChI is InChI=1S/C68H93N5O13S2/c1-5-51-53(54(63(83)86-51)39-19-20-71-28-39)36-7-6-8-38-26-68(85)57-55(65(3)27-50(77)59(79)47-32-88-87-31-40(34-12-16-42(75)17-13-34)23-49(76)48(30-74)73-58(57)60(80)56(47)65)37-11-15-41(29-72-64(69)70)67(68,25-37)61(38)66(4,84)52(78)24-46(62(81)82)43-18-14-35-10-9-33(2)21-44(35)45(43)22-36/h12-14,16-17,19-20,28,33,36-38,40-41,43-48,50-56,59,61-62,71,73-75,77-79,81-82,84-85H,5,8-11,15,18,21-27,29-32H2,1-4H3,(H4,69,70,72). The number of esters is 1. The molecule has 2 saturated heterocycles. The predicted molar refractivity (Wildman–Crippen MR) is 334 cm³/mol. The number of nitrogens with two attached hydrogens (primary N) is 2. The number of aromatic nitrogens is 1. The summed E-state index contributed by atoms with van der Waals surface area (Å²) >= 11 is 0. The minimum atomic E-state index is -2.11. The molecule has 8 aliphatic carbocycles. The third kappa shape index (κ3) is 10.6. The number of carbonyl (C=O) groups is 3. The number of carbonyl (C=O) groups excluding carboxylic acids is 3. The predicted octanol–water partition coefficient (Wildman–Crippen LogP) is 5.56. The van der Waals surface area contributed by atoms with Crippen molar-refractivity contribution in [1.29, 1.82) is 0 Å². The number of ketones is 2. The average Bonchev–Trinajstić information content (AvgIpc) is 1.04. The molecule has 2 aromatic rings. The van der Waals surface area contributed by atoms with Crippen LogP contribution < -0.4 is 16.8 Å². The molecule has 88 heavy (non-hydrogen) atoms. The van der Waals surface area contributed by atoms with Gasteiger partial charge in [-0.15, -0.1) is 5.92 Å². The topological polar surface area (TPSA) is 335 Å². The highest BCUT2D eigenvalue weighted by Crippen LogP contribution is 2.77. The summed E-state index contributed by atoms with van der Waals surface area (Å²) in [6, 6.07) is 7.19. The maximum absolute atomic E-state index is 16.4. The number of phenols is 1. The van der Waals surface area contributed by atoms with Gasteiger partial charge in [-0.3, -0.25) is 19.4 Å². The van der Waals surface area contributed by atoms with Crippen molar-refractivity contribution in [1.82, 2.24) is 10.3 Å². The zero-order valence-electron chi connectivity index (χ0n) is 51.1. The van der Waals surface area contributed by atoms with Gasteiger partial charge in [-0.1, -0.05) is 72.1 Å². The largest absolute Gasteiger partial charge is 0.508 e. The molecule has 1 aromatic carbocycles. The number of aromatic amines is 1. The normalized spacial score (nSPS) is 45.2. The number of rotatable bonds is 8. The van der Waals surface area contributed by atoms with Crippen LogP contribution in [0.15, 0.2) is 70.6 Å². The Morgan fingerprint density at radius 2 is 1.67 bits per heavy atom. The molecule has 12 rings (SSSR count). The van der Waals surface area contributed by atoms with Crippen LogP contribution in [0.1, 0.15) is 141 Å². The van der Waals surface area contributed by atoms with Crippen LogP contribution in [0.25, 0.3) is 0 Å². The molecule has 0 amide bonds. The van der Waals surface area contributed by atoms with Crippen LogP contribution in [-0.4, -0.2) is 147 Å². The second-order valence-corrected chi connectivity index (χ2v) is 31.7. The molecule has 7 fully saturated rings. The van der Waals surface area contributed by atoms with Gasteiger partial charge >= 0.3 is 5.97 Å². The summed E-state index contributed by atoms with van der Waals surface area (Å²) in [5.74, 6) is -1.19. The number of Topliss-reactive ketones (excluding diaryl/α,β-unsaturated/α-hetero) is 2. The molecular formula is C68H93N5O13S2. The van der Waals surface area contributed by atoms with E-state index in [9.17, 15) is 45.6 Å². The van der Waals surface area contributed by atoms with E-state index in [1.54, 1.807) is 37.4 Å². The fourth-order valence-electron chi connectivity index (χ4n) is 21.0. The SMILES string of the molecule is CCC1OC(=O)C(c2cc[nH]c2)C1C1C#CCC2CC3(O)C4=C5NC(CO)C(=O)CC(c6ccc(O)cc6)CSSCC6C(O)C(O)CC(C)(C4C4CCC(CN=C(N)N)C3(C4)C2C(C)(O)C(O)CC(C(O)O)C2CC=C3CCC(C)CC3C2C1)C6C5=O. The maximum atomic E-state index is 16.4. The number of nitrogens with one attached hydrogen (secondary N) is 2. The molecule has 5 saturated carbocycles. The van der Waals surface area contributed by atoms with Crippen molar-refractivity contribution < 1.29 is 65.1 Å². The number of ether oxygens (including phenoxy) is 1. The maximum Gasteiger partial charge on any atom is 0.314 e. The van der Waals surface area contributed by atoms with Gasteiger partial charge in [0, 0.05) is 90.1 Å². The number of nitrogens with zero attached hydrogens (tertiary/aromatic N) is 1. The fourth-order valence-corrected chi connectivity index (χ4v) is 23.7. The van der Waals surface area contributed by atoms with E-state index < -0.39 is 148 Å². The number of allylic oxidation sites excluding steroid dienone is 3. The van der Waals surface area contributed by atoms with E-state index in [1.165, 1.54) is 27.2 Å². The molecule has 1 spiro atoms. The second-order valence-electron chi connectivity index (χ2n) is 29.1. The Labute approximate surface area is 524 Å². The Kier molecular flexibility index (Phi) is 17.8. The lowest BCUT2D eigenvalue weighted by Gasteiger charge is -2.68. The van der Waals surface area contributed by atoms with Gasteiger partial charge in [-0.25, -0.2) is 0 Å². The van der Waals surface area contributed by atoms with Gasteiger partial charge in [-0.05, 0) is 172 Å². The van der Waals surface area contributed by atoms with Crippen molar-refractivity contribution in [3.63, 3.8) is 0 Å². The fraction of sp³-hybridized carbons (Fsp3) is 0.706. The lowest BCUT2D eigenvalue weighted by atomic mass is 9.37. The van der Waals surface area contributed by atoms with E-state index in [2.05, 4.69) is 40.1 Å². The summed E-state index contributed by atoms with van der Waals surface area (Å²) in [5, 5.41) is 116. The molecule has 480 valence electrons. The number of cyclic esters (lactones) is 1. The van der Waals surface area contributed by atoms with Crippen molar-refractivity contribution in [3.05, 3.63) is 76.8 Å². The number of aliphatic hydroxyl groups excluding tert-OH is 5. The summed E-state index contributed by atoms with van der Waals surface area (Å²) in [7, 11) is 2.95. The van der Waals surface area contributed by atoms with Gasteiger partial charge < -0.3 is 72.5 Å². The van der Waals surface area contributed by atoms with Gasteiger partial charge in [0.15, 0.2) is 23.8 Å². The molecule has 10 aliphatic rings. The van der Waals surface area contributed by atoms with E-state index in [0.717, 1.165) is 30.4 Å². The van der Waals surface area contributed by atoms with Gasteiger partial charge in [0.2, 0.25) is 0 Å². The first-order chi connectivity index (χ1) is 42.0. The highest BCUT2D eigenvalue weighted by molar-refractivity contribution is 8.76. The third-order valence-electron chi connectivity index (χ3n) is 24.6. The molecule has 15 N–H and O–H groups in total. The number of fused-ring (bicyclic) bond motifs is 10. The molecule has 20 heteroatoms. The Hall–Kier alpha value is -4.40. The van der Waals surface area contributed by atoms with E-state index in [4.69, 9.17) is 16.2 Å². The smallest absolute Gasteiger partial charge is 0.314 e. The molecule has 0 radical (unpaired) electrons. The number of benzene rings is 1. The number of aromatic hydroxyl groups is 1. The van der Waals surface area contributed by atoms with Crippen molar-refractivity contribution in [2.24, 2.45) is 110 Å². The first kappa shape index (κ1) is 63.7. The number of aliphatic hydroxyl groups is 8. The van der Waals surface area contributed by atoms with Crippen LogP contribution in [0.4, 0.5) is 0 Å². The molecule has 1 aromatic heterocycles. The summed E-state index contributed by atoms with van der Waals surface area (Å²) in [5.41, 5.74) is 8.85. The molecule has 18 nitrogen and oxygen atoms in total. The molecule has 4 bridgehead atoms. The minimum Gasteiger partial charge on any atom is -0.508 e. The van der Waals surface area contributed by atoms with E-state index >= 15 is 14.7 Å². The minimum absolute atomic E-state index is 0.00179. The highest BCUT2D eigenvalue weighted by Gasteiger charge is 2.79. The molecular weight excluding hydrogens is 1160 g/mol. The number of guanidine groups is 1. The van der Waals surface area contributed by atoms with E-state index in [0.29, 0.717) is 49.3 Å². The number of hydrogen-bond donors (Lipinski definition) is 13. The molecule has 25 atom stereocenters. The summed E-state index contributed by atoms with van der Waals surface area (Å²) < 4.78 is 6.30. The summed E-state index contributed by atoms with van der Waals surface area (Å²) in [6.07, 6.45) is 4.62. The lowest BCUT2D eigenvalue weighted by Crippen LogP contribution is -2.71. The van der Waals surface area contributed by atoms with Crippen LogP contribution in [0.5, 0.6) is 5.75 Å². The van der Waals surface area contributed by atoms with Crippen LogP contribution in [0.2, 0.25) is 0 Å². The van der Waals surface area contributed by atoms with Gasteiger partial charge in [0.05, 0.1) is 47.7 Å². The van der Waals surface area contributed by atoms with Crippen LogP contribution in [-0.2, 0) is 19.1 Å². The number of phenolic OH excluding ortho intramolecular Hbond substituents is 1. The monoisotopic (exact) mass is 1250 g/mol. The lowest BCUT2D eigenvalue weighted by molar-refractivity contribution is -0.232. The van der Waals surface area contributed by atoms with Crippen molar-refractivity contribution in [3.8, 4) is 17.6 Å². The van der Waals surface area contributed by atoms with Crippen LogP contribution in [0.3, 0.4) is 0 Å². The van der Waals surface area contributed by atoms with Gasteiger partial charge in [-0.2, -0.15) is 0 Å². The zero-order valence-corrected chi connectivity index (χ0v) is 52.8. The Morgan fingerprint density at radius 1 is 0.909 bits per heavy atom. The van der Waals surface area contributed by atoms with E-state index in [-0.39, 0.29) is 92.0 Å². The summed E-state index contributed by atoms with van der Waals surface area (Å²) in [6.45, 7) is 7.14. The zero-order chi connectivity index (χ0) is 62.5. The first-order valence-electron chi connectivity index (χ1n) is 32.6. The number of hydrogen-bond acceptors (Lipinski definition) is 17. The number of H-pyrrole nitrogens is 1. The highest BCUT2D eigenvalue weighted by atomic mass is 33.1.